The fraction of sp³-hybridized carbons (Fsp3) is 0.462. The van der Waals surface area contributed by atoms with Gasteiger partial charge >= 0.3 is 18.0 Å². The van der Waals surface area contributed by atoms with Crippen LogP contribution >= 0.6 is 23.0 Å². The van der Waals surface area contributed by atoms with Crippen LogP contribution < -0.4 is 0 Å². The Labute approximate surface area is 135 Å². The maximum absolute atomic E-state index is 12.1. The molecular weight excluding hydrogens is 393 g/mol. The predicted octanol–water partition coefficient (Wildman–Crippen LogP) is 1.87. The van der Waals surface area contributed by atoms with Crippen molar-refractivity contribution in [1.29, 1.82) is 0 Å². The summed E-state index contributed by atoms with van der Waals surface area (Å²) >= 11 is 1.43. The lowest BCUT2D eigenvalue weighted by Gasteiger charge is -2.34. The van der Waals surface area contributed by atoms with Crippen molar-refractivity contribution in [3.8, 4) is 0 Å². The Morgan fingerprint density at radius 1 is 1.24 bits per heavy atom. The third-order valence-electron chi connectivity index (χ3n) is 2.94. The second-order valence-electron chi connectivity index (χ2n) is 5.49. The van der Waals surface area contributed by atoms with Gasteiger partial charge in [0.1, 0.15) is 5.60 Å². The summed E-state index contributed by atoms with van der Waals surface area (Å²) in [6.07, 6.45) is 1.00. The minimum atomic E-state index is -0.688. The molecule has 1 atom stereocenters. The molecule has 2 bridgehead atoms. The van der Waals surface area contributed by atoms with E-state index in [-0.39, 0.29) is 11.1 Å². The van der Waals surface area contributed by atoms with E-state index in [1.807, 2.05) is 0 Å². The standard InChI is InChI=1S/C13H14INO6/c1-13(2,3)20-12(18)15-6-5-7(15)9(11(17)21-14)8(6)10(16)19-4/h5,7H,1-4H3. The van der Waals surface area contributed by atoms with Crippen molar-refractivity contribution in [1.82, 2.24) is 4.90 Å². The summed E-state index contributed by atoms with van der Waals surface area (Å²) in [5.41, 5.74) is -0.216. The molecule has 1 unspecified atom stereocenters. The van der Waals surface area contributed by atoms with Gasteiger partial charge in [0.2, 0.25) is 0 Å². The minimum Gasteiger partial charge on any atom is -0.465 e. The fourth-order valence-corrected chi connectivity index (χ4v) is 2.42. The summed E-state index contributed by atoms with van der Waals surface area (Å²) in [6.45, 7) is 5.20. The van der Waals surface area contributed by atoms with Crippen molar-refractivity contribution < 1.29 is 26.9 Å². The second-order valence-corrected chi connectivity index (χ2v) is 5.93. The molecule has 21 heavy (non-hydrogen) atoms. The molecule has 8 heteroatoms. The zero-order chi connectivity index (χ0) is 15.9. The van der Waals surface area contributed by atoms with Crippen LogP contribution in [0.3, 0.4) is 0 Å². The topological polar surface area (TPSA) is 82.1 Å². The van der Waals surface area contributed by atoms with Gasteiger partial charge in [0.15, 0.2) is 23.0 Å². The molecule has 0 aromatic rings. The molecule has 0 spiro atoms. The van der Waals surface area contributed by atoms with Crippen molar-refractivity contribution in [3.05, 3.63) is 22.9 Å². The first-order valence-corrected chi connectivity index (χ1v) is 6.99. The molecule has 0 saturated carbocycles. The highest BCUT2D eigenvalue weighted by Crippen LogP contribution is 2.45. The van der Waals surface area contributed by atoms with Gasteiger partial charge in [-0.25, -0.2) is 14.4 Å². The van der Waals surface area contributed by atoms with Gasteiger partial charge in [0.25, 0.3) is 0 Å². The molecule has 7 nitrogen and oxygen atoms in total. The average Bonchev–Trinajstić information content (AvgIpc) is 2.88. The summed E-state index contributed by atoms with van der Waals surface area (Å²) < 4.78 is 14.6. The van der Waals surface area contributed by atoms with Crippen molar-refractivity contribution in [2.45, 2.75) is 32.4 Å². The smallest absolute Gasteiger partial charge is 0.415 e. The number of esters is 1. The molecule has 0 aromatic carbocycles. The van der Waals surface area contributed by atoms with Crippen LogP contribution in [0.5, 0.6) is 0 Å². The number of carbonyl (C=O) groups is 3. The molecule has 0 saturated heterocycles. The first-order valence-electron chi connectivity index (χ1n) is 6.11. The summed E-state index contributed by atoms with van der Waals surface area (Å²) in [5.74, 6) is -1.37. The van der Waals surface area contributed by atoms with Gasteiger partial charge in [-0.1, -0.05) is 0 Å². The predicted molar refractivity (Wildman–Crippen MR) is 79.1 cm³/mol. The third-order valence-corrected chi connectivity index (χ3v) is 3.34. The van der Waals surface area contributed by atoms with Gasteiger partial charge in [0.05, 0.1) is 30.0 Å². The largest absolute Gasteiger partial charge is 0.465 e. The molecule has 114 valence electrons. The highest BCUT2D eigenvalue weighted by atomic mass is 127. The van der Waals surface area contributed by atoms with Crippen LogP contribution in [-0.2, 0) is 22.1 Å². The lowest BCUT2D eigenvalue weighted by molar-refractivity contribution is -0.136. The number of hydrogen-bond acceptors (Lipinski definition) is 6. The highest BCUT2D eigenvalue weighted by Gasteiger charge is 2.53. The quantitative estimate of drug-likeness (QED) is 0.514. The van der Waals surface area contributed by atoms with Crippen LogP contribution in [0, 0.1) is 0 Å². The molecule has 0 fully saturated rings. The number of nitrogens with zero attached hydrogens (tertiary/aromatic N) is 1. The van der Waals surface area contributed by atoms with Gasteiger partial charge in [0, 0.05) is 0 Å². The molecule has 1 amide bonds. The second kappa shape index (κ2) is 5.32. The highest BCUT2D eigenvalue weighted by molar-refractivity contribution is 14.1. The van der Waals surface area contributed by atoms with Crippen LogP contribution in [-0.4, -0.2) is 41.7 Å². The molecule has 1 aliphatic carbocycles. The Balaban J connectivity index is 2.29. The number of ether oxygens (including phenoxy) is 2. The van der Waals surface area contributed by atoms with Crippen molar-refractivity contribution >= 4 is 41.0 Å². The first-order chi connectivity index (χ1) is 9.71. The van der Waals surface area contributed by atoms with Crippen molar-refractivity contribution in [3.63, 3.8) is 0 Å². The van der Waals surface area contributed by atoms with E-state index in [0.717, 1.165) is 0 Å². The van der Waals surface area contributed by atoms with E-state index in [9.17, 15) is 14.4 Å². The number of carbonyl (C=O) groups excluding carboxylic acids is 3. The number of methoxy groups -OCH3 is 1. The van der Waals surface area contributed by atoms with Crippen LogP contribution in [0.4, 0.5) is 4.79 Å². The van der Waals surface area contributed by atoms with Gasteiger partial charge in [-0.15, -0.1) is 0 Å². The maximum Gasteiger partial charge on any atom is 0.415 e. The zero-order valence-electron chi connectivity index (χ0n) is 11.9. The lowest BCUT2D eigenvalue weighted by atomic mass is 10.1. The van der Waals surface area contributed by atoms with Crippen molar-refractivity contribution in [2.24, 2.45) is 0 Å². The van der Waals surface area contributed by atoms with E-state index in [4.69, 9.17) is 4.74 Å². The Morgan fingerprint density at radius 3 is 2.33 bits per heavy atom. The molecule has 2 aliphatic heterocycles. The minimum absolute atomic E-state index is 0.0509. The molecular formula is C13H14INO6. The lowest BCUT2D eigenvalue weighted by Crippen LogP contribution is -2.45. The molecule has 3 aliphatic rings. The van der Waals surface area contributed by atoms with Crippen molar-refractivity contribution in [2.75, 3.05) is 7.11 Å². The van der Waals surface area contributed by atoms with E-state index in [0.29, 0.717) is 5.70 Å². The zero-order valence-corrected chi connectivity index (χ0v) is 14.1. The number of amides is 1. The summed E-state index contributed by atoms with van der Waals surface area (Å²) in [5, 5.41) is 0. The molecule has 0 N–H and O–H groups in total. The number of rotatable bonds is 2. The Hall–Kier alpha value is -1.58. The summed E-state index contributed by atoms with van der Waals surface area (Å²) in [7, 11) is 1.20. The normalized spacial score (nSPS) is 19.8. The van der Waals surface area contributed by atoms with E-state index in [1.165, 1.54) is 35.0 Å². The maximum atomic E-state index is 12.1. The Kier molecular flexibility index (Phi) is 4.00. The van der Waals surface area contributed by atoms with Gasteiger partial charge in [-0.2, -0.15) is 0 Å². The fourth-order valence-electron chi connectivity index (χ4n) is 2.18. The molecule has 0 radical (unpaired) electrons. The number of halogens is 1. The SMILES string of the molecule is COC(=O)C1=C(C(=O)OI)C2C=C1N2C(=O)OC(C)(C)C. The van der Waals surface area contributed by atoms with Gasteiger partial charge < -0.3 is 12.5 Å². The van der Waals surface area contributed by atoms with Crippen LogP contribution in [0.25, 0.3) is 0 Å². The summed E-state index contributed by atoms with van der Waals surface area (Å²) in [6, 6.07) is -0.647. The molecule has 0 aromatic heterocycles. The van der Waals surface area contributed by atoms with Gasteiger partial charge in [-0.05, 0) is 26.8 Å². The molecule has 2 heterocycles. The van der Waals surface area contributed by atoms with Gasteiger partial charge in [-0.3, -0.25) is 4.90 Å². The third kappa shape index (κ3) is 2.63. The molecule has 3 rings (SSSR count). The van der Waals surface area contributed by atoms with Crippen LogP contribution in [0.2, 0.25) is 0 Å². The van der Waals surface area contributed by atoms with E-state index < -0.39 is 29.7 Å². The van der Waals surface area contributed by atoms with Crippen LogP contribution in [0.15, 0.2) is 22.9 Å². The number of hydrogen-bond donors (Lipinski definition) is 0. The Morgan fingerprint density at radius 2 is 1.86 bits per heavy atom. The average molecular weight is 407 g/mol. The first kappa shape index (κ1) is 15.8. The van der Waals surface area contributed by atoms with E-state index >= 15 is 0 Å². The monoisotopic (exact) mass is 407 g/mol. The van der Waals surface area contributed by atoms with E-state index in [1.54, 1.807) is 26.8 Å². The summed E-state index contributed by atoms with van der Waals surface area (Å²) in [4.78, 5) is 37.0. The van der Waals surface area contributed by atoms with Crippen LogP contribution in [0.1, 0.15) is 20.8 Å². The van der Waals surface area contributed by atoms with E-state index in [2.05, 4.69) is 7.80 Å². The Bertz CT molecular complexity index is 586.